The Morgan fingerprint density at radius 1 is 1.38 bits per heavy atom. The molecule has 120 valence electrons. The molecule has 1 saturated carbocycles. The molecule has 0 saturated heterocycles. The molecule has 1 aliphatic carbocycles. The van der Waals surface area contributed by atoms with Crippen LogP contribution in [0.5, 0.6) is 0 Å². The number of thiazole rings is 1. The standard InChI is InChI=1S/C16H29N3OS/c1-4-14-15(11-17-9-10-20-3)21-16(18-14)19(5-2)12-13-7-6-8-13/h13,17H,4-12H2,1-3H3. The number of methoxy groups -OCH3 is 1. The van der Waals surface area contributed by atoms with Gasteiger partial charge in [-0.05, 0) is 32.1 Å². The van der Waals surface area contributed by atoms with E-state index in [1.807, 2.05) is 11.3 Å². The van der Waals surface area contributed by atoms with Gasteiger partial charge in [-0.15, -0.1) is 11.3 Å². The van der Waals surface area contributed by atoms with Crippen LogP contribution in [0.1, 0.15) is 43.7 Å². The van der Waals surface area contributed by atoms with Crippen LogP contribution in [0.25, 0.3) is 0 Å². The van der Waals surface area contributed by atoms with E-state index >= 15 is 0 Å². The van der Waals surface area contributed by atoms with Gasteiger partial charge in [0.15, 0.2) is 5.13 Å². The third kappa shape index (κ3) is 4.66. The molecule has 1 fully saturated rings. The van der Waals surface area contributed by atoms with Crippen LogP contribution in [0.3, 0.4) is 0 Å². The number of nitrogens with zero attached hydrogens (tertiary/aromatic N) is 2. The normalized spacial score (nSPS) is 15.2. The van der Waals surface area contributed by atoms with E-state index in [2.05, 4.69) is 24.1 Å². The lowest BCUT2D eigenvalue weighted by molar-refractivity contribution is 0.199. The van der Waals surface area contributed by atoms with Gasteiger partial charge in [-0.1, -0.05) is 13.3 Å². The summed E-state index contributed by atoms with van der Waals surface area (Å²) in [6, 6.07) is 0. The second-order valence-electron chi connectivity index (χ2n) is 5.73. The van der Waals surface area contributed by atoms with Crippen molar-refractivity contribution in [2.75, 3.05) is 38.3 Å². The minimum atomic E-state index is 0.760. The molecule has 1 heterocycles. The van der Waals surface area contributed by atoms with E-state index in [1.54, 1.807) is 7.11 Å². The van der Waals surface area contributed by atoms with Gasteiger partial charge in [-0.2, -0.15) is 0 Å². The zero-order valence-corrected chi connectivity index (χ0v) is 14.5. The predicted octanol–water partition coefficient (Wildman–Crippen LogP) is 3.07. The molecule has 5 heteroatoms. The maximum Gasteiger partial charge on any atom is 0.185 e. The summed E-state index contributed by atoms with van der Waals surface area (Å²) < 4.78 is 5.08. The third-order valence-corrected chi connectivity index (χ3v) is 5.38. The molecule has 1 aromatic rings. The Balaban J connectivity index is 1.96. The monoisotopic (exact) mass is 311 g/mol. The third-order valence-electron chi connectivity index (χ3n) is 4.23. The van der Waals surface area contributed by atoms with Gasteiger partial charge in [0.1, 0.15) is 0 Å². The molecule has 0 aliphatic heterocycles. The van der Waals surface area contributed by atoms with Gasteiger partial charge in [0.25, 0.3) is 0 Å². The van der Waals surface area contributed by atoms with Gasteiger partial charge >= 0.3 is 0 Å². The Morgan fingerprint density at radius 2 is 2.19 bits per heavy atom. The number of rotatable bonds is 10. The van der Waals surface area contributed by atoms with Crippen molar-refractivity contribution >= 4 is 16.5 Å². The van der Waals surface area contributed by atoms with E-state index in [9.17, 15) is 0 Å². The summed E-state index contributed by atoms with van der Waals surface area (Å²) in [7, 11) is 1.74. The first-order chi connectivity index (χ1) is 10.3. The SMILES string of the molecule is CCc1nc(N(CC)CC2CCC2)sc1CNCCOC. The molecule has 0 bridgehead atoms. The van der Waals surface area contributed by atoms with Crippen LogP contribution >= 0.6 is 11.3 Å². The Morgan fingerprint density at radius 3 is 2.76 bits per heavy atom. The molecular weight excluding hydrogens is 282 g/mol. The fraction of sp³-hybridized carbons (Fsp3) is 0.812. The minimum absolute atomic E-state index is 0.760. The maximum absolute atomic E-state index is 5.08. The lowest BCUT2D eigenvalue weighted by atomic mass is 9.85. The van der Waals surface area contributed by atoms with Gasteiger partial charge in [0.05, 0.1) is 12.3 Å². The van der Waals surface area contributed by atoms with Crippen LogP contribution in [0.2, 0.25) is 0 Å². The van der Waals surface area contributed by atoms with Crippen molar-refractivity contribution in [3.05, 3.63) is 10.6 Å². The van der Waals surface area contributed by atoms with E-state index < -0.39 is 0 Å². The fourth-order valence-corrected chi connectivity index (χ4v) is 3.82. The van der Waals surface area contributed by atoms with E-state index in [0.717, 1.165) is 38.6 Å². The minimum Gasteiger partial charge on any atom is -0.383 e. The first-order valence-corrected chi connectivity index (χ1v) is 9.03. The number of hydrogen-bond acceptors (Lipinski definition) is 5. The van der Waals surface area contributed by atoms with Gasteiger partial charge in [0, 0.05) is 38.2 Å². The smallest absolute Gasteiger partial charge is 0.185 e. The molecule has 0 atom stereocenters. The number of nitrogens with one attached hydrogen (secondary N) is 1. The lowest BCUT2D eigenvalue weighted by Crippen LogP contribution is -2.32. The molecule has 0 spiro atoms. The summed E-state index contributed by atoms with van der Waals surface area (Å²) in [5, 5.41) is 4.65. The number of aryl methyl sites for hydroxylation is 1. The highest BCUT2D eigenvalue weighted by atomic mass is 32.1. The highest BCUT2D eigenvalue weighted by Crippen LogP contribution is 2.32. The number of ether oxygens (including phenoxy) is 1. The molecule has 0 aromatic carbocycles. The van der Waals surface area contributed by atoms with Gasteiger partial charge in [-0.3, -0.25) is 0 Å². The molecule has 0 radical (unpaired) electrons. The Hall–Kier alpha value is -0.650. The van der Waals surface area contributed by atoms with Crippen molar-refractivity contribution < 1.29 is 4.74 Å². The topological polar surface area (TPSA) is 37.4 Å². The summed E-state index contributed by atoms with van der Waals surface area (Å²) in [6.45, 7) is 9.24. The van der Waals surface area contributed by atoms with Crippen molar-refractivity contribution in [1.29, 1.82) is 0 Å². The number of anilines is 1. The summed E-state index contributed by atoms with van der Waals surface area (Å²) in [6.07, 6.45) is 5.22. The molecule has 1 N–H and O–H groups in total. The van der Waals surface area contributed by atoms with Crippen LogP contribution in [0.4, 0.5) is 5.13 Å². The van der Waals surface area contributed by atoms with Crippen molar-refractivity contribution in [2.24, 2.45) is 5.92 Å². The Kier molecular flexibility index (Phi) is 6.93. The average molecular weight is 311 g/mol. The van der Waals surface area contributed by atoms with Crippen molar-refractivity contribution in [1.82, 2.24) is 10.3 Å². The quantitative estimate of drug-likeness (QED) is 0.674. The molecule has 21 heavy (non-hydrogen) atoms. The summed E-state index contributed by atoms with van der Waals surface area (Å²) in [5.41, 5.74) is 1.26. The summed E-state index contributed by atoms with van der Waals surface area (Å²) >= 11 is 1.86. The summed E-state index contributed by atoms with van der Waals surface area (Å²) in [4.78, 5) is 8.73. The highest BCUT2D eigenvalue weighted by molar-refractivity contribution is 7.15. The molecule has 2 rings (SSSR count). The van der Waals surface area contributed by atoms with Crippen molar-refractivity contribution in [2.45, 2.75) is 46.1 Å². The second-order valence-corrected chi connectivity index (χ2v) is 6.79. The Labute approximate surface area is 132 Å². The van der Waals surface area contributed by atoms with Crippen LogP contribution in [0, 0.1) is 5.92 Å². The average Bonchev–Trinajstić information content (AvgIpc) is 2.86. The lowest BCUT2D eigenvalue weighted by Gasteiger charge is -2.31. The van der Waals surface area contributed by atoms with Crippen LogP contribution in [0.15, 0.2) is 0 Å². The van der Waals surface area contributed by atoms with Gasteiger partial charge in [0.2, 0.25) is 0 Å². The zero-order chi connectivity index (χ0) is 15.1. The molecular formula is C16H29N3OS. The number of hydrogen-bond donors (Lipinski definition) is 1. The largest absolute Gasteiger partial charge is 0.383 e. The second kappa shape index (κ2) is 8.71. The van der Waals surface area contributed by atoms with Gasteiger partial charge < -0.3 is 15.0 Å². The highest BCUT2D eigenvalue weighted by Gasteiger charge is 2.22. The van der Waals surface area contributed by atoms with Crippen LogP contribution in [-0.4, -0.2) is 38.3 Å². The fourth-order valence-electron chi connectivity index (χ4n) is 2.62. The van der Waals surface area contributed by atoms with Crippen LogP contribution < -0.4 is 10.2 Å². The number of aromatic nitrogens is 1. The molecule has 0 unspecified atom stereocenters. The first kappa shape index (κ1) is 16.7. The van der Waals surface area contributed by atoms with Crippen molar-refractivity contribution in [3.63, 3.8) is 0 Å². The van der Waals surface area contributed by atoms with Crippen LogP contribution in [-0.2, 0) is 17.7 Å². The molecule has 1 aliphatic rings. The Bertz CT molecular complexity index is 418. The first-order valence-electron chi connectivity index (χ1n) is 8.21. The van der Waals surface area contributed by atoms with Crippen molar-refractivity contribution in [3.8, 4) is 0 Å². The molecule has 0 amide bonds. The summed E-state index contributed by atoms with van der Waals surface area (Å²) in [5.74, 6) is 0.891. The molecule has 4 nitrogen and oxygen atoms in total. The molecule has 1 aromatic heterocycles. The van der Waals surface area contributed by atoms with E-state index in [1.165, 1.54) is 41.5 Å². The zero-order valence-electron chi connectivity index (χ0n) is 13.7. The van der Waals surface area contributed by atoms with E-state index in [0.29, 0.717) is 0 Å². The van der Waals surface area contributed by atoms with E-state index in [4.69, 9.17) is 9.72 Å². The van der Waals surface area contributed by atoms with Gasteiger partial charge in [-0.25, -0.2) is 4.98 Å². The predicted molar refractivity (Wildman–Crippen MR) is 90.3 cm³/mol. The van der Waals surface area contributed by atoms with E-state index in [-0.39, 0.29) is 0 Å². The maximum atomic E-state index is 5.08.